The van der Waals surface area contributed by atoms with Crippen LogP contribution in [0.4, 0.5) is 0 Å². The van der Waals surface area contributed by atoms with Crippen molar-refractivity contribution in [1.29, 1.82) is 0 Å². The number of benzene rings is 2. The summed E-state index contributed by atoms with van der Waals surface area (Å²) in [6.45, 7) is 2.83. The molecule has 2 nitrogen and oxygen atoms in total. The first-order valence-electron chi connectivity index (χ1n) is 6.67. The van der Waals surface area contributed by atoms with Crippen LogP contribution in [0.5, 0.6) is 5.75 Å². The smallest absolute Gasteiger partial charge is 0.193 e. The van der Waals surface area contributed by atoms with Crippen LogP contribution in [0.1, 0.15) is 34.0 Å². The van der Waals surface area contributed by atoms with Gasteiger partial charge in [0.1, 0.15) is 5.75 Å². The third-order valence-corrected chi connectivity index (χ3v) is 3.58. The second kappa shape index (κ2) is 4.88. The first-order chi connectivity index (χ1) is 9.28. The molecular formula is C17H16O2. The Morgan fingerprint density at radius 1 is 1.11 bits per heavy atom. The number of fused-ring (bicyclic) bond motifs is 1. The third kappa shape index (κ3) is 2.26. The molecule has 0 radical (unpaired) electrons. The number of ether oxygens (including phenoxy) is 1. The molecule has 0 aliphatic carbocycles. The summed E-state index contributed by atoms with van der Waals surface area (Å²) in [5, 5.41) is 0. The lowest BCUT2D eigenvalue weighted by atomic mass is 9.99. The highest BCUT2D eigenvalue weighted by Crippen LogP contribution is 2.26. The van der Waals surface area contributed by atoms with Crippen molar-refractivity contribution >= 4 is 5.78 Å². The van der Waals surface area contributed by atoms with E-state index < -0.39 is 0 Å². The summed E-state index contributed by atoms with van der Waals surface area (Å²) in [6, 6.07) is 13.6. The number of hydrogen-bond acceptors (Lipinski definition) is 2. The standard InChI is InChI=1S/C17H16O2/c1-2-12-3-5-13(6-4-12)17(18)15-7-8-16-14(11-15)9-10-19-16/h3-8,11H,2,9-10H2,1H3. The molecule has 0 spiro atoms. The average Bonchev–Trinajstić information content (AvgIpc) is 2.94. The zero-order valence-corrected chi connectivity index (χ0v) is 11.0. The molecular weight excluding hydrogens is 236 g/mol. The molecule has 0 amide bonds. The molecule has 96 valence electrons. The molecule has 2 aromatic carbocycles. The molecule has 1 heterocycles. The van der Waals surface area contributed by atoms with Gasteiger partial charge in [-0.25, -0.2) is 0 Å². The van der Waals surface area contributed by atoms with Crippen molar-refractivity contribution in [2.45, 2.75) is 19.8 Å². The molecule has 2 heteroatoms. The van der Waals surface area contributed by atoms with E-state index in [0.29, 0.717) is 0 Å². The minimum Gasteiger partial charge on any atom is -0.493 e. The maximum atomic E-state index is 12.4. The van der Waals surface area contributed by atoms with Crippen LogP contribution in [-0.4, -0.2) is 12.4 Å². The van der Waals surface area contributed by atoms with Gasteiger partial charge in [0.2, 0.25) is 0 Å². The van der Waals surface area contributed by atoms with Crippen molar-refractivity contribution in [3.63, 3.8) is 0 Å². The fraction of sp³-hybridized carbons (Fsp3) is 0.235. The van der Waals surface area contributed by atoms with Crippen molar-refractivity contribution < 1.29 is 9.53 Å². The van der Waals surface area contributed by atoms with Gasteiger partial charge in [-0.2, -0.15) is 0 Å². The summed E-state index contributed by atoms with van der Waals surface area (Å²) in [6.07, 6.45) is 1.88. The Morgan fingerprint density at radius 2 is 1.84 bits per heavy atom. The van der Waals surface area contributed by atoms with Gasteiger partial charge in [-0.3, -0.25) is 4.79 Å². The number of carbonyl (C=O) groups is 1. The quantitative estimate of drug-likeness (QED) is 0.782. The topological polar surface area (TPSA) is 26.3 Å². The van der Waals surface area contributed by atoms with E-state index in [0.717, 1.165) is 41.9 Å². The number of rotatable bonds is 3. The highest BCUT2D eigenvalue weighted by atomic mass is 16.5. The molecule has 0 fully saturated rings. The average molecular weight is 252 g/mol. The van der Waals surface area contributed by atoms with Crippen molar-refractivity contribution in [3.05, 3.63) is 64.7 Å². The van der Waals surface area contributed by atoms with Crippen molar-refractivity contribution in [2.24, 2.45) is 0 Å². The summed E-state index contributed by atoms with van der Waals surface area (Å²) < 4.78 is 5.46. The predicted molar refractivity (Wildman–Crippen MR) is 74.9 cm³/mol. The normalized spacial score (nSPS) is 12.9. The maximum Gasteiger partial charge on any atom is 0.193 e. The lowest BCUT2D eigenvalue weighted by Crippen LogP contribution is -2.01. The molecule has 1 aliphatic rings. The van der Waals surface area contributed by atoms with E-state index in [1.54, 1.807) is 0 Å². The van der Waals surface area contributed by atoms with Gasteiger partial charge in [-0.1, -0.05) is 31.2 Å². The van der Waals surface area contributed by atoms with Gasteiger partial charge in [0.15, 0.2) is 5.78 Å². The monoisotopic (exact) mass is 252 g/mol. The van der Waals surface area contributed by atoms with E-state index in [-0.39, 0.29) is 5.78 Å². The van der Waals surface area contributed by atoms with E-state index in [9.17, 15) is 4.79 Å². The van der Waals surface area contributed by atoms with E-state index in [2.05, 4.69) is 6.92 Å². The first-order valence-corrected chi connectivity index (χ1v) is 6.67. The van der Waals surface area contributed by atoms with Gasteiger partial charge < -0.3 is 4.74 Å². The molecule has 0 N–H and O–H groups in total. The van der Waals surface area contributed by atoms with Crippen LogP contribution < -0.4 is 4.74 Å². The maximum absolute atomic E-state index is 12.4. The van der Waals surface area contributed by atoms with Crippen LogP contribution in [0.2, 0.25) is 0 Å². The molecule has 3 rings (SSSR count). The summed E-state index contributed by atoms with van der Waals surface area (Å²) in [5.41, 5.74) is 3.87. The van der Waals surface area contributed by atoms with Crippen molar-refractivity contribution in [1.82, 2.24) is 0 Å². The lowest BCUT2D eigenvalue weighted by Gasteiger charge is -2.05. The van der Waals surface area contributed by atoms with Crippen molar-refractivity contribution in [2.75, 3.05) is 6.61 Å². The fourth-order valence-corrected chi connectivity index (χ4v) is 2.39. The van der Waals surface area contributed by atoms with Gasteiger partial charge >= 0.3 is 0 Å². The molecule has 0 unspecified atom stereocenters. The van der Waals surface area contributed by atoms with Gasteiger partial charge in [-0.05, 0) is 35.7 Å². The largest absolute Gasteiger partial charge is 0.493 e. The van der Waals surface area contributed by atoms with E-state index in [1.807, 2.05) is 42.5 Å². The minimum absolute atomic E-state index is 0.0809. The molecule has 19 heavy (non-hydrogen) atoms. The van der Waals surface area contributed by atoms with E-state index >= 15 is 0 Å². The van der Waals surface area contributed by atoms with Crippen LogP contribution in [0.15, 0.2) is 42.5 Å². The molecule has 0 saturated carbocycles. The molecule has 0 aromatic heterocycles. The number of carbonyl (C=O) groups excluding carboxylic acids is 1. The summed E-state index contributed by atoms with van der Waals surface area (Å²) in [5.74, 6) is 0.996. The van der Waals surface area contributed by atoms with Gasteiger partial charge in [-0.15, -0.1) is 0 Å². The Hall–Kier alpha value is -2.09. The van der Waals surface area contributed by atoms with E-state index in [1.165, 1.54) is 5.56 Å². The zero-order chi connectivity index (χ0) is 13.2. The molecule has 2 aromatic rings. The van der Waals surface area contributed by atoms with Crippen LogP contribution >= 0.6 is 0 Å². The van der Waals surface area contributed by atoms with Crippen molar-refractivity contribution in [3.8, 4) is 5.75 Å². The van der Waals surface area contributed by atoms with Gasteiger partial charge in [0.25, 0.3) is 0 Å². The highest BCUT2D eigenvalue weighted by molar-refractivity contribution is 6.09. The fourth-order valence-electron chi connectivity index (χ4n) is 2.39. The summed E-state index contributed by atoms with van der Waals surface area (Å²) in [4.78, 5) is 12.4. The molecule has 0 bridgehead atoms. The lowest BCUT2D eigenvalue weighted by molar-refractivity contribution is 0.103. The Balaban J connectivity index is 1.90. The number of ketones is 1. The minimum atomic E-state index is 0.0809. The third-order valence-electron chi connectivity index (χ3n) is 3.58. The zero-order valence-electron chi connectivity index (χ0n) is 11.0. The highest BCUT2D eigenvalue weighted by Gasteiger charge is 2.15. The molecule has 0 saturated heterocycles. The number of hydrogen-bond donors (Lipinski definition) is 0. The Labute approximate surface area is 113 Å². The number of aryl methyl sites for hydroxylation is 1. The van der Waals surface area contributed by atoms with Crippen LogP contribution in [0, 0.1) is 0 Å². The van der Waals surface area contributed by atoms with Gasteiger partial charge in [0.05, 0.1) is 6.61 Å². The Kier molecular flexibility index (Phi) is 3.08. The SMILES string of the molecule is CCc1ccc(C(=O)c2ccc3c(c2)CCO3)cc1. The predicted octanol–water partition coefficient (Wildman–Crippen LogP) is 3.41. The Bertz CT molecular complexity index is 612. The van der Waals surface area contributed by atoms with Crippen LogP contribution in [-0.2, 0) is 12.8 Å². The van der Waals surface area contributed by atoms with Gasteiger partial charge in [0, 0.05) is 17.5 Å². The molecule has 1 aliphatic heterocycles. The van der Waals surface area contributed by atoms with Crippen LogP contribution in [0.3, 0.4) is 0 Å². The van der Waals surface area contributed by atoms with E-state index in [4.69, 9.17) is 4.74 Å². The van der Waals surface area contributed by atoms with Crippen LogP contribution in [0.25, 0.3) is 0 Å². The second-order valence-corrected chi connectivity index (χ2v) is 4.80. The summed E-state index contributed by atoms with van der Waals surface area (Å²) in [7, 11) is 0. The first kappa shape index (κ1) is 12.0. The Morgan fingerprint density at radius 3 is 2.58 bits per heavy atom. The summed E-state index contributed by atoms with van der Waals surface area (Å²) >= 11 is 0. The molecule has 0 atom stereocenters. The second-order valence-electron chi connectivity index (χ2n) is 4.80.